The molecule has 0 aliphatic carbocycles. The quantitative estimate of drug-likeness (QED) is 0.781. The van der Waals surface area contributed by atoms with E-state index in [1.54, 1.807) is 7.11 Å². The zero-order chi connectivity index (χ0) is 13.1. The molecule has 0 bridgehead atoms. The summed E-state index contributed by atoms with van der Waals surface area (Å²) >= 11 is 12.3. The zero-order valence-electron chi connectivity index (χ0n) is 10.8. The molecule has 2 nitrogen and oxygen atoms in total. The molecule has 0 saturated carbocycles. The summed E-state index contributed by atoms with van der Waals surface area (Å²) < 4.78 is 5.55. The Labute approximate surface area is 119 Å². The maximum Gasteiger partial charge on any atom is 0.0772 e. The van der Waals surface area contributed by atoms with Crippen molar-refractivity contribution in [2.45, 2.75) is 25.3 Å². The van der Waals surface area contributed by atoms with Crippen molar-refractivity contribution in [1.29, 1.82) is 0 Å². The molecule has 1 aromatic carbocycles. The highest BCUT2D eigenvalue weighted by atomic mass is 35.5. The third kappa shape index (κ3) is 2.76. The van der Waals surface area contributed by atoms with E-state index in [2.05, 4.69) is 11.8 Å². The van der Waals surface area contributed by atoms with E-state index in [0.29, 0.717) is 11.8 Å². The molecule has 0 amide bonds. The first-order chi connectivity index (χ1) is 8.67. The molecule has 1 saturated heterocycles. The second-order valence-electron chi connectivity index (χ2n) is 4.87. The molecular weight excluding hydrogens is 269 g/mol. The van der Waals surface area contributed by atoms with Crippen LogP contribution in [0.15, 0.2) is 18.2 Å². The maximum atomic E-state index is 6.33. The van der Waals surface area contributed by atoms with Crippen LogP contribution in [0, 0.1) is 5.92 Å². The minimum Gasteiger partial charge on any atom is -0.379 e. The standard InChI is InChI=1S/C14H19Cl2NO/c1-10-6-7-17(9-13(10)18-2)14-11(8-15)4-3-5-12(14)16/h3-5,10,13H,6-9H2,1-2H3. The van der Waals surface area contributed by atoms with Crippen LogP contribution in [0.3, 0.4) is 0 Å². The third-order valence-electron chi connectivity index (χ3n) is 3.72. The fraction of sp³-hybridized carbons (Fsp3) is 0.571. The molecule has 2 atom stereocenters. The molecule has 4 heteroatoms. The average molecular weight is 288 g/mol. The molecule has 0 radical (unpaired) electrons. The number of halogens is 2. The molecule has 1 fully saturated rings. The molecule has 1 aromatic rings. The Morgan fingerprint density at radius 1 is 1.44 bits per heavy atom. The summed E-state index contributed by atoms with van der Waals surface area (Å²) in [5.41, 5.74) is 2.16. The molecule has 0 aromatic heterocycles. The molecule has 18 heavy (non-hydrogen) atoms. The Morgan fingerprint density at radius 2 is 2.22 bits per heavy atom. The zero-order valence-corrected chi connectivity index (χ0v) is 12.3. The molecule has 2 rings (SSSR count). The van der Waals surface area contributed by atoms with Gasteiger partial charge < -0.3 is 9.64 Å². The number of piperidine rings is 1. The molecular formula is C14H19Cl2NO. The van der Waals surface area contributed by atoms with Gasteiger partial charge in [0.1, 0.15) is 0 Å². The van der Waals surface area contributed by atoms with Gasteiger partial charge in [0.2, 0.25) is 0 Å². The lowest BCUT2D eigenvalue weighted by molar-refractivity contribution is 0.0498. The predicted octanol–water partition coefficient (Wildman–Crippen LogP) is 3.94. The number of rotatable bonds is 3. The lowest BCUT2D eigenvalue weighted by atomic mass is 9.95. The van der Waals surface area contributed by atoms with E-state index in [0.717, 1.165) is 35.8 Å². The number of para-hydroxylation sites is 1. The molecule has 1 aliphatic heterocycles. The molecule has 0 N–H and O–H groups in total. The Morgan fingerprint density at radius 3 is 2.89 bits per heavy atom. The summed E-state index contributed by atoms with van der Waals surface area (Å²) in [6, 6.07) is 5.91. The second kappa shape index (κ2) is 6.14. The van der Waals surface area contributed by atoms with Crippen molar-refractivity contribution in [2.24, 2.45) is 5.92 Å². The summed E-state index contributed by atoms with van der Waals surface area (Å²) in [4.78, 5) is 2.30. The highest BCUT2D eigenvalue weighted by Crippen LogP contribution is 2.34. The Balaban J connectivity index is 2.26. The predicted molar refractivity (Wildman–Crippen MR) is 77.8 cm³/mol. The highest BCUT2D eigenvalue weighted by Gasteiger charge is 2.28. The van der Waals surface area contributed by atoms with Gasteiger partial charge in [0, 0.05) is 26.1 Å². The van der Waals surface area contributed by atoms with E-state index in [-0.39, 0.29) is 6.10 Å². The van der Waals surface area contributed by atoms with Crippen molar-refractivity contribution < 1.29 is 4.74 Å². The number of ether oxygens (including phenoxy) is 1. The van der Waals surface area contributed by atoms with Crippen molar-refractivity contribution in [3.05, 3.63) is 28.8 Å². The molecule has 100 valence electrons. The molecule has 1 aliphatic rings. The number of methoxy groups -OCH3 is 1. The Hall–Kier alpha value is -0.440. The van der Waals surface area contributed by atoms with Gasteiger partial charge in [0.25, 0.3) is 0 Å². The van der Waals surface area contributed by atoms with Crippen LogP contribution >= 0.6 is 23.2 Å². The number of hydrogen-bond donors (Lipinski definition) is 0. The van der Waals surface area contributed by atoms with E-state index in [4.69, 9.17) is 27.9 Å². The lowest BCUT2D eigenvalue weighted by Gasteiger charge is -2.38. The van der Waals surface area contributed by atoms with Gasteiger partial charge >= 0.3 is 0 Å². The van der Waals surface area contributed by atoms with E-state index < -0.39 is 0 Å². The fourth-order valence-electron chi connectivity index (χ4n) is 2.57. The number of hydrogen-bond acceptors (Lipinski definition) is 2. The van der Waals surface area contributed by atoms with Crippen LogP contribution in [0.25, 0.3) is 0 Å². The van der Waals surface area contributed by atoms with E-state index in [1.807, 2.05) is 18.2 Å². The van der Waals surface area contributed by atoms with Crippen molar-refractivity contribution in [3.8, 4) is 0 Å². The van der Waals surface area contributed by atoms with Crippen molar-refractivity contribution >= 4 is 28.9 Å². The average Bonchev–Trinajstić information content (AvgIpc) is 2.39. The number of anilines is 1. The van der Waals surface area contributed by atoms with E-state index in [9.17, 15) is 0 Å². The number of alkyl halides is 1. The third-order valence-corrected chi connectivity index (χ3v) is 4.32. The Bertz CT molecular complexity index is 411. The topological polar surface area (TPSA) is 12.5 Å². The SMILES string of the molecule is COC1CN(c2c(Cl)cccc2CCl)CCC1C. The molecule has 2 unspecified atom stereocenters. The van der Waals surface area contributed by atoms with Crippen LogP contribution in [-0.4, -0.2) is 26.3 Å². The summed E-state index contributed by atoms with van der Waals surface area (Å²) in [5.74, 6) is 1.08. The van der Waals surface area contributed by atoms with Gasteiger partial charge in [-0.1, -0.05) is 30.7 Å². The van der Waals surface area contributed by atoms with Crippen LogP contribution in [-0.2, 0) is 10.6 Å². The Kier molecular flexibility index (Phi) is 4.77. The molecule has 1 heterocycles. The van der Waals surface area contributed by atoms with Gasteiger partial charge in [-0.2, -0.15) is 0 Å². The van der Waals surface area contributed by atoms with Gasteiger partial charge in [-0.3, -0.25) is 0 Å². The normalized spacial score (nSPS) is 24.3. The van der Waals surface area contributed by atoms with E-state index >= 15 is 0 Å². The summed E-state index contributed by atoms with van der Waals surface area (Å²) in [6.07, 6.45) is 1.38. The van der Waals surface area contributed by atoms with Crippen LogP contribution in [0.1, 0.15) is 18.9 Å². The number of benzene rings is 1. The van der Waals surface area contributed by atoms with Crippen molar-refractivity contribution in [2.75, 3.05) is 25.1 Å². The maximum absolute atomic E-state index is 6.33. The smallest absolute Gasteiger partial charge is 0.0772 e. The second-order valence-corrected chi connectivity index (χ2v) is 5.54. The van der Waals surface area contributed by atoms with Crippen molar-refractivity contribution in [1.82, 2.24) is 0 Å². The van der Waals surface area contributed by atoms with Crippen LogP contribution in [0.2, 0.25) is 5.02 Å². The van der Waals surface area contributed by atoms with Gasteiger partial charge in [0.05, 0.1) is 16.8 Å². The largest absolute Gasteiger partial charge is 0.379 e. The van der Waals surface area contributed by atoms with Gasteiger partial charge in [-0.05, 0) is 24.0 Å². The van der Waals surface area contributed by atoms with Gasteiger partial charge in [-0.15, -0.1) is 11.6 Å². The van der Waals surface area contributed by atoms with Gasteiger partial charge in [-0.25, -0.2) is 0 Å². The number of nitrogens with zero attached hydrogens (tertiary/aromatic N) is 1. The summed E-state index contributed by atoms with van der Waals surface area (Å²) in [5, 5.41) is 0.776. The lowest BCUT2D eigenvalue weighted by Crippen LogP contribution is -2.44. The highest BCUT2D eigenvalue weighted by molar-refractivity contribution is 6.33. The monoisotopic (exact) mass is 287 g/mol. The minimum atomic E-state index is 0.262. The molecule has 0 spiro atoms. The summed E-state index contributed by atoms with van der Waals surface area (Å²) in [6.45, 7) is 4.13. The van der Waals surface area contributed by atoms with Crippen LogP contribution in [0.4, 0.5) is 5.69 Å². The first kappa shape index (κ1) is 14.0. The van der Waals surface area contributed by atoms with Crippen molar-refractivity contribution in [3.63, 3.8) is 0 Å². The van der Waals surface area contributed by atoms with Crippen LogP contribution < -0.4 is 4.90 Å². The first-order valence-electron chi connectivity index (χ1n) is 6.28. The van der Waals surface area contributed by atoms with Crippen LogP contribution in [0.5, 0.6) is 0 Å². The van der Waals surface area contributed by atoms with Gasteiger partial charge in [0.15, 0.2) is 0 Å². The first-order valence-corrected chi connectivity index (χ1v) is 7.19. The minimum absolute atomic E-state index is 0.262. The summed E-state index contributed by atoms with van der Waals surface area (Å²) in [7, 11) is 1.78. The fourth-order valence-corrected chi connectivity index (χ4v) is 3.10. The van der Waals surface area contributed by atoms with E-state index in [1.165, 1.54) is 0 Å².